The van der Waals surface area contributed by atoms with E-state index in [1.54, 1.807) is 0 Å². The molecule has 0 radical (unpaired) electrons. The van der Waals surface area contributed by atoms with E-state index in [0.717, 1.165) is 5.92 Å². The second-order valence-corrected chi connectivity index (χ2v) is 6.22. The van der Waals surface area contributed by atoms with Crippen molar-refractivity contribution in [1.82, 2.24) is 4.90 Å². The van der Waals surface area contributed by atoms with Crippen LogP contribution in [-0.4, -0.2) is 23.5 Å². The Balaban J connectivity index is 1.87. The Hall–Kier alpha value is -0.300. The van der Waals surface area contributed by atoms with Crippen molar-refractivity contribution < 1.29 is 0 Å². The van der Waals surface area contributed by atoms with E-state index >= 15 is 0 Å². The molecule has 2 heterocycles. The van der Waals surface area contributed by atoms with Crippen LogP contribution in [0.25, 0.3) is 0 Å². The maximum absolute atomic E-state index is 2.81. The summed E-state index contributed by atoms with van der Waals surface area (Å²) in [6.07, 6.45) is 9.88. The van der Waals surface area contributed by atoms with Crippen molar-refractivity contribution in [2.24, 2.45) is 5.92 Å². The fourth-order valence-corrected chi connectivity index (χ4v) is 4.26. The van der Waals surface area contributed by atoms with Gasteiger partial charge in [-0.05, 0) is 51.4 Å². The van der Waals surface area contributed by atoms with Crippen molar-refractivity contribution in [1.29, 1.82) is 0 Å². The fraction of sp³-hybridized carbons (Fsp3) is 0.867. The van der Waals surface area contributed by atoms with Gasteiger partial charge < -0.3 is 0 Å². The van der Waals surface area contributed by atoms with Crippen LogP contribution in [0.5, 0.6) is 0 Å². The molecule has 90 valence electrons. The summed E-state index contributed by atoms with van der Waals surface area (Å²) in [4.78, 5) is 2.81. The van der Waals surface area contributed by atoms with Gasteiger partial charge in [-0.3, -0.25) is 4.90 Å². The number of hydrogen-bond acceptors (Lipinski definition) is 1. The first-order valence-electron chi connectivity index (χ1n) is 7.20. The minimum Gasteiger partial charge on any atom is -0.294 e. The van der Waals surface area contributed by atoms with E-state index in [4.69, 9.17) is 0 Å². The predicted octanol–water partition coefficient (Wildman–Crippen LogP) is 3.75. The lowest BCUT2D eigenvalue weighted by atomic mass is 9.74. The van der Waals surface area contributed by atoms with E-state index in [9.17, 15) is 0 Å². The van der Waals surface area contributed by atoms with Crippen molar-refractivity contribution in [3.8, 4) is 0 Å². The molecule has 1 saturated heterocycles. The molecule has 1 aliphatic carbocycles. The molecule has 0 unspecified atom stereocenters. The first-order valence-corrected chi connectivity index (χ1v) is 7.20. The van der Waals surface area contributed by atoms with Crippen molar-refractivity contribution in [2.75, 3.05) is 13.1 Å². The standard InChI is InChI=1S/C15H25N/c1-3-12-7-9-15(2)14-6-4-5-13(14)8-10-16(15)11-12/h12H,3-11H2,1-2H3/t12-,15+/m0/s1. The Kier molecular flexibility index (Phi) is 2.62. The van der Waals surface area contributed by atoms with Gasteiger partial charge in [0.2, 0.25) is 0 Å². The molecule has 0 aromatic rings. The molecule has 1 fully saturated rings. The van der Waals surface area contributed by atoms with E-state index in [1.807, 2.05) is 11.1 Å². The molecule has 1 heteroatoms. The molecule has 1 nitrogen and oxygen atoms in total. The van der Waals surface area contributed by atoms with Crippen LogP contribution in [0.4, 0.5) is 0 Å². The van der Waals surface area contributed by atoms with Crippen LogP contribution in [-0.2, 0) is 0 Å². The Morgan fingerprint density at radius 2 is 2.19 bits per heavy atom. The molecule has 0 N–H and O–H groups in total. The van der Waals surface area contributed by atoms with Gasteiger partial charge in [0.05, 0.1) is 0 Å². The highest BCUT2D eigenvalue weighted by atomic mass is 15.2. The number of piperidine rings is 1. The number of hydrogen-bond donors (Lipinski definition) is 0. The summed E-state index contributed by atoms with van der Waals surface area (Å²) in [6.45, 7) is 7.59. The van der Waals surface area contributed by atoms with Gasteiger partial charge in [0.15, 0.2) is 0 Å². The van der Waals surface area contributed by atoms with Crippen LogP contribution in [0.3, 0.4) is 0 Å². The first-order chi connectivity index (χ1) is 7.74. The Labute approximate surface area is 99.9 Å². The van der Waals surface area contributed by atoms with E-state index in [2.05, 4.69) is 18.7 Å². The molecular formula is C15H25N. The van der Waals surface area contributed by atoms with E-state index < -0.39 is 0 Å². The zero-order valence-electron chi connectivity index (χ0n) is 10.9. The van der Waals surface area contributed by atoms with Crippen molar-refractivity contribution in [3.63, 3.8) is 0 Å². The zero-order valence-corrected chi connectivity index (χ0v) is 10.9. The molecule has 0 amide bonds. The van der Waals surface area contributed by atoms with Gasteiger partial charge in [-0.15, -0.1) is 0 Å². The van der Waals surface area contributed by atoms with Gasteiger partial charge in [0, 0.05) is 18.6 Å². The largest absolute Gasteiger partial charge is 0.294 e. The Morgan fingerprint density at radius 3 is 3.00 bits per heavy atom. The van der Waals surface area contributed by atoms with Crippen LogP contribution >= 0.6 is 0 Å². The maximum atomic E-state index is 2.81. The van der Waals surface area contributed by atoms with Crippen molar-refractivity contribution in [2.45, 2.75) is 64.3 Å². The summed E-state index contributed by atoms with van der Waals surface area (Å²) in [5.41, 5.74) is 4.16. The highest BCUT2D eigenvalue weighted by Crippen LogP contribution is 2.47. The molecule has 2 aliphatic heterocycles. The quantitative estimate of drug-likeness (QED) is 0.607. The van der Waals surface area contributed by atoms with E-state index in [0.29, 0.717) is 5.54 Å². The lowest BCUT2D eigenvalue weighted by molar-refractivity contribution is 0.0475. The summed E-state index contributed by atoms with van der Waals surface area (Å²) in [5.74, 6) is 0.969. The van der Waals surface area contributed by atoms with Crippen LogP contribution < -0.4 is 0 Å². The normalized spacial score (nSPS) is 39.8. The summed E-state index contributed by atoms with van der Waals surface area (Å²) in [5, 5.41) is 0. The second kappa shape index (κ2) is 3.87. The molecule has 0 spiro atoms. The first kappa shape index (κ1) is 10.8. The van der Waals surface area contributed by atoms with Gasteiger partial charge in [-0.2, -0.15) is 0 Å². The molecule has 0 aromatic heterocycles. The Morgan fingerprint density at radius 1 is 1.31 bits per heavy atom. The van der Waals surface area contributed by atoms with Gasteiger partial charge in [-0.25, -0.2) is 0 Å². The molecular weight excluding hydrogens is 194 g/mol. The number of fused-ring (bicyclic) bond motifs is 2. The monoisotopic (exact) mass is 219 g/mol. The van der Waals surface area contributed by atoms with Crippen molar-refractivity contribution >= 4 is 0 Å². The average Bonchev–Trinajstić information content (AvgIpc) is 2.77. The van der Waals surface area contributed by atoms with E-state index in [-0.39, 0.29) is 0 Å². The smallest absolute Gasteiger partial charge is 0.0395 e. The van der Waals surface area contributed by atoms with E-state index in [1.165, 1.54) is 58.0 Å². The molecule has 3 rings (SSSR count). The number of nitrogens with zero attached hydrogens (tertiary/aromatic N) is 1. The van der Waals surface area contributed by atoms with Gasteiger partial charge in [0.1, 0.15) is 0 Å². The van der Waals surface area contributed by atoms with Crippen molar-refractivity contribution in [3.05, 3.63) is 11.1 Å². The fourth-order valence-electron chi connectivity index (χ4n) is 4.26. The average molecular weight is 219 g/mol. The summed E-state index contributed by atoms with van der Waals surface area (Å²) in [6, 6.07) is 0. The lowest BCUT2D eigenvalue weighted by Crippen LogP contribution is -2.55. The SMILES string of the molecule is CC[C@H]1CC[C@]2(C)C3=C(CCC3)CCN2C1. The third-order valence-corrected chi connectivity index (χ3v) is 5.46. The zero-order chi connectivity index (χ0) is 11.2. The molecule has 0 aromatic carbocycles. The van der Waals surface area contributed by atoms with Gasteiger partial charge in [0.25, 0.3) is 0 Å². The minimum atomic E-state index is 0.468. The highest BCUT2D eigenvalue weighted by molar-refractivity contribution is 5.33. The van der Waals surface area contributed by atoms with Crippen LogP contribution in [0.2, 0.25) is 0 Å². The maximum Gasteiger partial charge on any atom is 0.0395 e. The summed E-state index contributed by atoms with van der Waals surface area (Å²) < 4.78 is 0. The summed E-state index contributed by atoms with van der Waals surface area (Å²) >= 11 is 0. The van der Waals surface area contributed by atoms with Crippen LogP contribution in [0.15, 0.2) is 11.1 Å². The van der Waals surface area contributed by atoms with Crippen LogP contribution in [0.1, 0.15) is 58.8 Å². The predicted molar refractivity (Wildman–Crippen MR) is 68.5 cm³/mol. The Bertz CT molecular complexity index is 317. The topological polar surface area (TPSA) is 3.24 Å². The van der Waals surface area contributed by atoms with Crippen LogP contribution in [0, 0.1) is 5.92 Å². The molecule has 16 heavy (non-hydrogen) atoms. The van der Waals surface area contributed by atoms with Gasteiger partial charge in [-0.1, -0.05) is 24.5 Å². The second-order valence-electron chi connectivity index (χ2n) is 6.22. The minimum absolute atomic E-state index is 0.468. The molecule has 0 bridgehead atoms. The highest BCUT2D eigenvalue weighted by Gasteiger charge is 2.44. The lowest BCUT2D eigenvalue weighted by Gasteiger charge is -2.51. The molecule has 2 atom stereocenters. The molecule has 3 aliphatic rings. The molecule has 0 saturated carbocycles. The number of rotatable bonds is 1. The third kappa shape index (κ3) is 1.48. The third-order valence-electron chi connectivity index (χ3n) is 5.46. The van der Waals surface area contributed by atoms with Gasteiger partial charge >= 0.3 is 0 Å². The summed E-state index contributed by atoms with van der Waals surface area (Å²) in [7, 11) is 0.